The van der Waals surface area contributed by atoms with E-state index in [1.165, 1.54) is 9.75 Å². The van der Waals surface area contributed by atoms with Crippen LogP contribution in [0.3, 0.4) is 0 Å². The average Bonchev–Trinajstić information content (AvgIpc) is 2.74. The molecule has 0 amide bonds. The summed E-state index contributed by atoms with van der Waals surface area (Å²) in [7, 11) is 1.71. The molecule has 3 nitrogen and oxygen atoms in total. The molecule has 1 unspecified atom stereocenters. The Kier molecular flexibility index (Phi) is 6.64. The van der Waals surface area contributed by atoms with Crippen LogP contribution in [0.1, 0.15) is 23.1 Å². The van der Waals surface area contributed by atoms with Gasteiger partial charge in [-0.3, -0.25) is 0 Å². The van der Waals surface area contributed by atoms with Crippen LogP contribution >= 0.6 is 11.3 Å². The molecule has 0 fully saturated rings. The first-order valence-corrected chi connectivity index (χ1v) is 6.60. The second-order valence-corrected chi connectivity index (χ2v) is 5.15. The van der Waals surface area contributed by atoms with Crippen molar-refractivity contribution in [1.29, 1.82) is 0 Å². The third-order valence-electron chi connectivity index (χ3n) is 2.46. The highest BCUT2D eigenvalue weighted by atomic mass is 32.1. The van der Waals surface area contributed by atoms with E-state index in [0.717, 1.165) is 32.5 Å². The van der Waals surface area contributed by atoms with Crippen LogP contribution in [-0.4, -0.2) is 26.3 Å². The predicted molar refractivity (Wildman–Crippen MR) is 69.9 cm³/mol. The maximum atomic E-state index is 5.92. The zero-order valence-corrected chi connectivity index (χ0v) is 11.0. The topological polar surface area (TPSA) is 47.3 Å². The van der Waals surface area contributed by atoms with Crippen LogP contribution < -0.4 is 11.1 Å². The van der Waals surface area contributed by atoms with Gasteiger partial charge in [-0.05, 0) is 25.0 Å². The molecule has 1 heterocycles. The molecule has 0 aliphatic heterocycles. The van der Waals surface area contributed by atoms with E-state index in [4.69, 9.17) is 10.5 Å². The molecule has 0 saturated heterocycles. The first-order chi connectivity index (χ1) is 7.76. The molecule has 0 aliphatic rings. The van der Waals surface area contributed by atoms with Gasteiger partial charge >= 0.3 is 0 Å². The summed E-state index contributed by atoms with van der Waals surface area (Å²) >= 11 is 1.87. The first-order valence-electron chi connectivity index (χ1n) is 5.79. The molecule has 92 valence electrons. The van der Waals surface area contributed by atoms with E-state index in [1.807, 2.05) is 11.3 Å². The van der Waals surface area contributed by atoms with Crippen molar-refractivity contribution in [2.75, 3.05) is 20.3 Å². The van der Waals surface area contributed by atoms with Crippen molar-refractivity contribution in [3.8, 4) is 0 Å². The third kappa shape index (κ3) is 5.07. The lowest BCUT2D eigenvalue weighted by atomic mass is 10.2. The number of aryl methyl sites for hydroxylation is 1. The molecule has 0 radical (unpaired) electrons. The SMILES string of the molecule is CCc1ccc(CNCC(N)CCOC)s1. The Bertz CT molecular complexity index is 288. The summed E-state index contributed by atoms with van der Waals surface area (Å²) in [6.45, 7) is 4.69. The van der Waals surface area contributed by atoms with Crippen LogP contribution in [-0.2, 0) is 17.7 Å². The number of hydrogen-bond donors (Lipinski definition) is 2. The Morgan fingerprint density at radius 2 is 2.19 bits per heavy atom. The van der Waals surface area contributed by atoms with Crippen molar-refractivity contribution in [2.45, 2.75) is 32.4 Å². The third-order valence-corrected chi connectivity index (χ3v) is 3.69. The summed E-state index contributed by atoms with van der Waals surface area (Å²) in [5.74, 6) is 0. The Morgan fingerprint density at radius 3 is 2.81 bits per heavy atom. The van der Waals surface area contributed by atoms with Crippen molar-refractivity contribution in [1.82, 2.24) is 5.32 Å². The molecular formula is C12H22N2OS. The molecule has 1 rings (SSSR count). The van der Waals surface area contributed by atoms with Crippen LogP contribution in [0.15, 0.2) is 12.1 Å². The number of hydrogen-bond acceptors (Lipinski definition) is 4. The summed E-state index contributed by atoms with van der Waals surface area (Å²) in [6.07, 6.45) is 2.03. The van der Waals surface area contributed by atoms with Gasteiger partial charge in [0.1, 0.15) is 0 Å². The Morgan fingerprint density at radius 1 is 1.44 bits per heavy atom. The smallest absolute Gasteiger partial charge is 0.0477 e. The first kappa shape index (κ1) is 13.6. The molecule has 1 aromatic rings. The Hall–Kier alpha value is -0.420. The van der Waals surface area contributed by atoms with Gasteiger partial charge < -0.3 is 15.8 Å². The molecule has 0 aliphatic carbocycles. The van der Waals surface area contributed by atoms with Gasteiger partial charge in [-0.25, -0.2) is 0 Å². The van der Waals surface area contributed by atoms with Crippen LogP contribution in [0.4, 0.5) is 0 Å². The summed E-state index contributed by atoms with van der Waals surface area (Å²) in [6, 6.07) is 4.58. The van der Waals surface area contributed by atoms with Crippen molar-refractivity contribution in [3.05, 3.63) is 21.9 Å². The minimum atomic E-state index is 0.186. The highest BCUT2D eigenvalue weighted by Gasteiger charge is 2.02. The molecule has 1 atom stereocenters. The molecule has 16 heavy (non-hydrogen) atoms. The van der Waals surface area contributed by atoms with Crippen LogP contribution in [0.25, 0.3) is 0 Å². The van der Waals surface area contributed by atoms with Gasteiger partial charge in [0.25, 0.3) is 0 Å². The van der Waals surface area contributed by atoms with Crippen LogP contribution in [0, 0.1) is 0 Å². The maximum absolute atomic E-state index is 5.92. The lowest BCUT2D eigenvalue weighted by Gasteiger charge is -2.11. The van der Waals surface area contributed by atoms with E-state index >= 15 is 0 Å². The molecule has 3 N–H and O–H groups in total. The van der Waals surface area contributed by atoms with Crippen LogP contribution in [0.5, 0.6) is 0 Å². The summed E-state index contributed by atoms with van der Waals surface area (Å²) < 4.78 is 4.99. The van der Waals surface area contributed by atoms with E-state index in [2.05, 4.69) is 24.4 Å². The van der Waals surface area contributed by atoms with Gasteiger partial charge in [-0.15, -0.1) is 11.3 Å². The van der Waals surface area contributed by atoms with Crippen molar-refractivity contribution in [2.24, 2.45) is 5.73 Å². The van der Waals surface area contributed by atoms with Crippen molar-refractivity contribution in [3.63, 3.8) is 0 Å². The second kappa shape index (κ2) is 7.79. The number of thiophene rings is 1. The molecular weight excluding hydrogens is 220 g/mol. The van der Waals surface area contributed by atoms with E-state index < -0.39 is 0 Å². The quantitative estimate of drug-likeness (QED) is 0.730. The lowest BCUT2D eigenvalue weighted by molar-refractivity contribution is 0.187. The zero-order chi connectivity index (χ0) is 11.8. The minimum Gasteiger partial charge on any atom is -0.385 e. The van der Waals surface area contributed by atoms with Gasteiger partial charge in [0, 0.05) is 42.6 Å². The van der Waals surface area contributed by atoms with Gasteiger partial charge in [0.05, 0.1) is 0 Å². The fourth-order valence-electron chi connectivity index (χ4n) is 1.46. The van der Waals surface area contributed by atoms with Crippen LogP contribution in [0.2, 0.25) is 0 Å². The summed E-state index contributed by atoms with van der Waals surface area (Å²) in [5, 5.41) is 3.38. The number of nitrogens with one attached hydrogen (secondary N) is 1. The summed E-state index contributed by atoms with van der Waals surface area (Å²) in [4.78, 5) is 2.83. The van der Waals surface area contributed by atoms with E-state index in [1.54, 1.807) is 7.11 Å². The minimum absolute atomic E-state index is 0.186. The zero-order valence-electron chi connectivity index (χ0n) is 10.2. The Balaban J connectivity index is 2.14. The fourth-order valence-corrected chi connectivity index (χ4v) is 2.39. The highest BCUT2D eigenvalue weighted by molar-refractivity contribution is 7.11. The molecule has 0 saturated carbocycles. The molecule has 4 heteroatoms. The highest BCUT2D eigenvalue weighted by Crippen LogP contribution is 2.16. The number of methoxy groups -OCH3 is 1. The van der Waals surface area contributed by atoms with Crippen molar-refractivity contribution >= 4 is 11.3 Å². The standard InChI is InChI=1S/C12H22N2OS/c1-3-11-4-5-12(16-11)9-14-8-10(13)6-7-15-2/h4-5,10,14H,3,6-9,13H2,1-2H3. The maximum Gasteiger partial charge on any atom is 0.0477 e. The van der Waals surface area contributed by atoms with E-state index in [9.17, 15) is 0 Å². The molecule has 0 aromatic carbocycles. The summed E-state index contributed by atoms with van der Waals surface area (Å²) in [5.41, 5.74) is 5.92. The Labute approximate surface area is 102 Å². The average molecular weight is 242 g/mol. The molecule has 1 aromatic heterocycles. The van der Waals surface area contributed by atoms with E-state index in [-0.39, 0.29) is 6.04 Å². The van der Waals surface area contributed by atoms with Crippen molar-refractivity contribution < 1.29 is 4.74 Å². The van der Waals surface area contributed by atoms with Gasteiger partial charge in [-0.1, -0.05) is 6.92 Å². The lowest BCUT2D eigenvalue weighted by Crippen LogP contribution is -2.34. The monoisotopic (exact) mass is 242 g/mol. The van der Waals surface area contributed by atoms with E-state index in [0.29, 0.717) is 0 Å². The molecule has 0 spiro atoms. The number of ether oxygens (including phenoxy) is 1. The predicted octanol–water partition coefficient (Wildman–Crippen LogP) is 1.76. The second-order valence-electron chi connectivity index (χ2n) is 3.89. The number of nitrogens with two attached hydrogens (primary N) is 1. The van der Waals surface area contributed by atoms with Gasteiger partial charge in [-0.2, -0.15) is 0 Å². The normalized spacial score (nSPS) is 12.9. The molecule has 0 bridgehead atoms. The number of rotatable bonds is 8. The van der Waals surface area contributed by atoms with Gasteiger partial charge in [0.2, 0.25) is 0 Å². The largest absolute Gasteiger partial charge is 0.385 e. The fraction of sp³-hybridized carbons (Fsp3) is 0.667. The van der Waals surface area contributed by atoms with Gasteiger partial charge in [0.15, 0.2) is 0 Å².